The first-order valence-electron chi connectivity index (χ1n) is 11.4. The molecule has 2 aliphatic rings. The molecule has 11 heteroatoms. The number of aromatic nitrogens is 3. The van der Waals surface area contributed by atoms with E-state index in [1.165, 1.54) is 8.99 Å². The number of hydrogen-bond acceptors (Lipinski definition) is 7. The molecule has 5 rings (SSSR count). The summed E-state index contributed by atoms with van der Waals surface area (Å²) in [6.07, 6.45) is 2.50. The Morgan fingerprint density at radius 2 is 1.71 bits per heavy atom. The van der Waals surface area contributed by atoms with Crippen LogP contribution in [-0.2, 0) is 23.7 Å². The van der Waals surface area contributed by atoms with E-state index in [9.17, 15) is 13.2 Å². The maximum Gasteiger partial charge on any atom is 0.277 e. The lowest BCUT2D eigenvalue weighted by molar-refractivity contribution is 0.143. The van der Waals surface area contributed by atoms with Crippen molar-refractivity contribution >= 4 is 20.8 Å². The van der Waals surface area contributed by atoms with Crippen LogP contribution in [0.3, 0.4) is 0 Å². The molecule has 0 spiro atoms. The Morgan fingerprint density at radius 3 is 2.44 bits per heavy atom. The third-order valence-electron chi connectivity index (χ3n) is 6.82. The molecule has 2 aliphatic heterocycles. The fraction of sp³-hybridized carbons (Fsp3) is 0.478. The summed E-state index contributed by atoms with van der Waals surface area (Å²) >= 11 is 0. The lowest BCUT2D eigenvalue weighted by Gasteiger charge is -2.33. The summed E-state index contributed by atoms with van der Waals surface area (Å²) in [6, 6.07) is 4.77. The topological polar surface area (TPSA) is 98.9 Å². The fourth-order valence-electron chi connectivity index (χ4n) is 4.57. The molecule has 0 saturated carbocycles. The predicted octanol–water partition coefficient (Wildman–Crippen LogP) is 1.48. The van der Waals surface area contributed by atoms with E-state index < -0.39 is 10.0 Å². The van der Waals surface area contributed by atoms with Crippen LogP contribution in [-0.4, -0.2) is 71.4 Å². The quantitative estimate of drug-likeness (QED) is 0.550. The van der Waals surface area contributed by atoms with Crippen molar-refractivity contribution in [1.29, 1.82) is 0 Å². The Balaban J connectivity index is 1.30. The van der Waals surface area contributed by atoms with Gasteiger partial charge < -0.3 is 14.0 Å². The Morgan fingerprint density at radius 1 is 1.00 bits per heavy atom. The van der Waals surface area contributed by atoms with Crippen molar-refractivity contribution in [3.63, 3.8) is 0 Å². The summed E-state index contributed by atoms with van der Waals surface area (Å²) in [4.78, 5) is 15.3. The van der Waals surface area contributed by atoms with Crippen molar-refractivity contribution in [3.8, 4) is 11.5 Å². The number of fused-ring (bicyclic) bond motifs is 2. The van der Waals surface area contributed by atoms with Crippen LogP contribution in [0.2, 0.25) is 0 Å². The zero-order valence-corrected chi connectivity index (χ0v) is 20.5. The van der Waals surface area contributed by atoms with Crippen LogP contribution >= 0.6 is 0 Å². The molecule has 0 atom stereocenters. The van der Waals surface area contributed by atoms with Crippen molar-refractivity contribution in [3.05, 3.63) is 46.1 Å². The van der Waals surface area contributed by atoms with Gasteiger partial charge in [0.2, 0.25) is 10.0 Å². The number of sulfonamides is 1. The van der Waals surface area contributed by atoms with Gasteiger partial charge in [-0.05, 0) is 26.0 Å². The summed E-state index contributed by atoms with van der Waals surface area (Å²) in [6.45, 7) is 6.94. The Labute approximate surface area is 198 Å². The molecule has 34 heavy (non-hydrogen) atoms. The SMILES string of the molecule is Cc1c2cnn(CN3CCN(S(=O)(=O)c4ccc5c(c4)OCCCO5)CC3)c(=O)c2c(C)n1C. The molecule has 4 heterocycles. The molecule has 182 valence electrons. The highest BCUT2D eigenvalue weighted by Gasteiger charge is 2.30. The Bertz CT molecular complexity index is 1400. The number of ether oxygens (including phenoxy) is 2. The average Bonchev–Trinajstić information content (AvgIpc) is 2.99. The summed E-state index contributed by atoms with van der Waals surface area (Å²) in [7, 11) is -1.72. The second-order valence-electron chi connectivity index (χ2n) is 8.79. The van der Waals surface area contributed by atoms with Gasteiger partial charge in [-0.15, -0.1) is 0 Å². The van der Waals surface area contributed by atoms with E-state index in [-0.39, 0.29) is 10.5 Å². The standard InChI is InChI=1S/C23H29N5O5S/c1-16-19-14-24-28(23(29)22(19)17(2)25(16)3)15-26-7-9-27(10-8-26)34(30,31)18-5-6-20-21(13-18)33-12-4-11-32-20/h5-6,13-14H,4,7-12,15H2,1-3H3. The fourth-order valence-corrected chi connectivity index (χ4v) is 6.01. The third-order valence-corrected chi connectivity index (χ3v) is 8.72. The van der Waals surface area contributed by atoms with Crippen LogP contribution in [0.15, 0.2) is 34.1 Å². The molecule has 1 aromatic carbocycles. The summed E-state index contributed by atoms with van der Waals surface area (Å²) in [5, 5.41) is 5.92. The molecule has 0 amide bonds. The van der Waals surface area contributed by atoms with Crippen molar-refractivity contribution in [2.75, 3.05) is 39.4 Å². The normalized spacial score (nSPS) is 17.7. The van der Waals surface area contributed by atoms with Gasteiger partial charge in [0.15, 0.2) is 11.5 Å². The van der Waals surface area contributed by atoms with Gasteiger partial charge in [0, 0.05) is 62.5 Å². The average molecular weight is 488 g/mol. The van der Waals surface area contributed by atoms with Crippen LogP contribution in [0.25, 0.3) is 10.8 Å². The number of benzene rings is 1. The van der Waals surface area contributed by atoms with Crippen molar-refractivity contribution < 1.29 is 17.9 Å². The molecule has 3 aromatic rings. The minimum Gasteiger partial charge on any atom is -0.490 e. The van der Waals surface area contributed by atoms with E-state index in [0.29, 0.717) is 62.9 Å². The Kier molecular flexibility index (Phi) is 5.86. The number of piperazine rings is 1. The summed E-state index contributed by atoms with van der Waals surface area (Å²) in [5.74, 6) is 1.03. The first-order valence-corrected chi connectivity index (χ1v) is 12.9. The van der Waals surface area contributed by atoms with Crippen molar-refractivity contribution in [1.82, 2.24) is 23.6 Å². The van der Waals surface area contributed by atoms with E-state index >= 15 is 0 Å². The lowest BCUT2D eigenvalue weighted by Crippen LogP contribution is -2.49. The van der Waals surface area contributed by atoms with Crippen LogP contribution in [0, 0.1) is 13.8 Å². The molecule has 10 nitrogen and oxygen atoms in total. The van der Waals surface area contributed by atoms with Crippen molar-refractivity contribution in [2.24, 2.45) is 7.05 Å². The number of aryl methyl sites for hydroxylation is 2. The summed E-state index contributed by atoms with van der Waals surface area (Å²) < 4.78 is 42.7. The van der Waals surface area contributed by atoms with Gasteiger partial charge in [-0.25, -0.2) is 13.1 Å². The van der Waals surface area contributed by atoms with E-state index in [4.69, 9.17) is 9.47 Å². The van der Waals surface area contributed by atoms with E-state index in [1.54, 1.807) is 24.4 Å². The molecule has 0 N–H and O–H groups in total. The molecule has 0 bridgehead atoms. The lowest BCUT2D eigenvalue weighted by atomic mass is 10.2. The molecule has 2 aromatic heterocycles. The molecule has 0 unspecified atom stereocenters. The maximum absolute atomic E-state index is 13.2. The van der Waals surface area contributed by atoms with Crippen LogP contribution in [0.5, 0.6) is 11.5 Å². The zero-order valence-electron chi connectivity index (χ0n) is 19.7. The number of nitrogens with zero attached hydrogens (tertiary/aromatic N) is 5. The molecule has 1 saturated heterocycles. The minimum atomic E-state index is -3.66. The zero-order chi connectivity index (χ0) is 24.0. The molecule has 1 fully saturated rings. The largest absolute Gasteiger partial charge is 0.490 e. The first-order chi connectivity index (χ1) is 16.3. The van der Waals surface area contributed by atoms with E-state index in [0.717, 1.165) is 23.2 Å². The Hall–Kier alpha value is -2.89. The number of hydrogen-bond donors (Lipinski definition) is 0. The van der Waals surface area contributed by atoms with E-state index in [1.807, 2.05) is 30.4 Å². The van der Waals surface area contributed by atoms with Crippen LogP contribution < -0.4 is 15.0 Å². The monoisotopic (exact) mass is 487 g/mol. The maximum atomic E-state index is 13.2. The van der Waals surface area contributed by atoms with Gasteiger partial charge in [0.05, 0.1) is 36.4 Å². The van der Waals surface area contributed by atoms with Gasteiger partial charge in [0.1, 0.15) is 0 Å². The van der Waals surface area contributed by atoms with Gasteiger partial charge in [-0.1, -0.05) is 0 Å². The predicted molar refractivity (Wildman–Crippen MR) is 127 cm³/mol. The third kappa shape index (κ3) is 3.87. The van der Waals surface area contributed by atoms with Gasteiger partial charge in [0.25, 0.3) is 5.56 Å². The first kappa shape index (κ1) is 22.9. The van der Waals surface area contributed by atoms with Crippen LogP contribution in [0.1, 0.15) is 17.8 Å². The molecule has 0 aliphatic carbocycles. The highest BCUT2D eigenvalue weighted by atomic mass is 32.2. The van der Waals surface area contributed by atoms with E-state index in [2.05, 4.69) is 5.10 Å². The molecule has 0 radical (unpaired) electrons. The minimum absolute atomic E-state index is 0.124. The van der Waals surface area contributed by atoms with Gasteiger partial charge in [-0.2, -0.15) is 9.40 Å². The molecular formula is C23H29N5O5S. The summed E-state index contributed by atoms with van der Waals surface area (Å²) in [5.41, 5.74) is 1.80. The number of rotatable bonds is 4. The second kappa shape index (κ2) is 8.71. The second-order valence-corrected chi connectivity index (χ2v) is 10.7. The molecular weight excluding hydrogens is 458 g/mol. The van der Waals surface area contributed by atoms with Gasteiger partial charge >= 0.3 is 0 Å². The van der Waals surface area contributed by atoms with Gasteiger partial charge in [-0.3, -0.25) is 9.69 Å². The smallest absolute Gasteiger partial charge is 0.277 e. The highest BCUT2D eigenvalue weighted by Crippen LogP contribution is 2.33. The van der Waals surface area contributed by atoms with Crippen LogP contribution in [0.4, 0.5) is 0 Å². The highest BCUT2D eigenvalue weighted by molar-refractivity contribution is 7.89. The van der Waals surface area contributed by atoms with Crippen molar-refractivity contribution in [2.45, 2.75) is 31.8 Å².